The molecule has 0 fully saturated rings. The Morgan fingerprint density at radius 2 is 0.970 bits per heavy atom. The molecule has 4 rings (SSSR count). The number of carboxylic acid groups (broad SMARTS) is 2. The third-order valence-corrected chi connectivity index (χ3v) is 4.36. The average Bonchev–Trinajstić information content (AvgIpc) is 3.42. The number of aromatic amines is 2. The molecule has 11 heteroatoms. The Kier molecular flexibility index (Phi) is 9.67. The number of benzene rings is 2. The van der Waals surface area contributed by atoms with Crippen molar-refractivity contribution in [3.8, 4) is 23.0 Å². The van der Waals surface area contributed by atoms with Gasteiger partial charge in [0.05, 0.1) is 23.3 Å². The molecule has 164 valence electrons. The maximum atomic E-state index is 10.5. The first kappa shape index (κ1) is 26.1. The summed E-state index contributed by atoms with van der Waals surface area (Å²) in [4.78, 5) is 26.0. The van der Waals surface area contributed by atoms with Crippen molar-refractivity contribution in [3.63, 3.8) is 0 Å². The Hall–Kier alpha value is -3.11. The van der Waals surface area contributed by atoms with Crippen LogP contribution >= 0.6 is 23.2 Å². The van der Waals surface area contributed by atoms with Crippen LogP contribution in [0.3, 0.4) is 0 Å². The van der Waals surface area contributed by atoms with E-state index in [0.717, 1.165) is 0 Å². The molecule has 0 aliphatic rings. The number of carbonyl (C=O) groups is 2. The molecular formula is C22H14Cl2MgN2O6. The number of rotatable bonds is 6. The summed E-state index contributed by atoms with van der Waals surface area (Å²) in [6, 6.07) is 16.2. The van der Waals surface area contributed by atoms with E-state index in [0.29, 0.717) is 33.0 Å². The Morgan fingerprint density at radius 3 is 1.24 bits per heavy atom. The molecule has 0 radical (unpaired) electrons. The molecular weight excluding hydrogens is 483 g/mol. The van der Waals surface area contributed by atoms with Gasteiger partial charge in [0, 0.05) is 34.6 Å². The molecule has 0 spiro atoms. The number of nitrogens with one attached hydrogen (secondary N) is 2. The topological polar surface area (TPSA) is 130 Å². The predicted octanol–water partition coefficient (Wildman–Crippen LogP) is 3.27. The second-order valence-electron chi connectivity index (χ2n) is 6.18. The normalized spacial score (nSPS) is 9.76. The van der Waals surface area contributed by atoms with Crippen molar-refractivity contribution in [2.75, 3.05) is 0 Å². The number of carboxylic acids is 2. The van der Waals surface area contributed by atoms with E-state index in [2.05, 4.69) is 9.97 Å². The second-order valence-corrected chi connectivity index (χ2v) is 7.06. The number of halogens is 2. The van der Waals surface area contributed by atoms with Crippen molar-refractivity contribution in [1.82, 2.24) is 9.97 Å². The van der Waals surface area contributed by atoms with Crippen molar-refractivity contribution in [1.29, 1.82) is 0 Å². The van der Waals surface area contributed by atoms with Gasteiger partial charge in [-0.1, -0.05) is 23.2 Å². The van der Waals surface area contributed by atoms with Gasteiger partial charge in [0.1, 0.15) is 23.0 Å². The number of aromatic carboxylic acids is 2. The molecule has 2 heterocycles. The maximum Gasteiger partial charge on any atom is 2.00 e. The van der Waals surface area contributed by atoms with E-state index in [1.54, 1.807) is 48.5 Å². The number of hydrogen-bond donors (Lipinski definition) is 2. The third kappa shape index (κ3) is 8.06. The Bertz CT molecular complexity index is 1110. The van der Waals surface area contributed by atoms with Gasteiger partial charge in [0.25, 0.3) is 0 Å². The van der Waals surface area contributed by atoms with Crippen molar-refractivity contribution in [2.24, 2.45) is 0 Å². The Balaban J connectivity index is 0.000000227. The van der Waals surface area contributed by atoms with Crippen LogP contribution in [-0.2, 0) is 0 Å². The molecule has 8 nitrogen and oxygen atoms in total. The van der Waals surface area contributed by atoms with Crippen LogP contribution in [0.25, 0.3) is 0 Å². The summed E-state index contributed by atoms with van der Waals surface area (Å²) in [5.74, 6) is -0.582. The molecule has 0 aliphatic carbocycles. The number of H-pyrrole nitrogens is 2. The molecule has 0 unspecified atom stereocenters. The van der Waals surface area contributed by atoms with Gasteiger partial charge in [-0.2, -0.15) is 0 Å². The summed E-state index contributed by atoms with van der Waals surface area (Å²) in [6.07, 6.45) is 2.89. The fraction of sp³-hybridized carbons (Fsp3) is 0. The van der Waals surface area contributed by atoms with E-state index in [1.165, 1.54) is 24.5 Å². The molecule has 0 aliphatic heterocycles. The third-order valence-electron chi connectivity index (χ3n) is 3.85. The van der Waals surface area contributed by atoms with Gasteiger partial charge < -0.3 is 39.2 Å². The smallest absolute Gasteiger partial charge is 0.543 e. The fourth-order valence-electron chi connectivity index (χ4n) is 2.38. The summed E-state index contributed by atoms with van der Waals surface area (Å²) in [7, 11) is 0. The molecule has 0 atom stereocenters. The van der Waals surface area contributed by atoms with Gasteiger partial charge in [-0.25, -0.2) is 0 Å². The van der Waals surface area contributed by atoms with E-state index >= 15 is 0 Å². The quantitative estimate of drug-likeness (QED) is 0.393. The van der Waals surface area contributed by atoms with E-state index in [9.17, 15) is 19.8 Å². The van der Waals surface area contributed by atoms with Gasteiger partial charge in [-0.3, -0.25) is 0 Å². The van der Waals surface area contributed by atoms with Crippen molar-refractivity contribution >= 4 is 58.2 Å². The molecule has 2 aromatic carbocycles. The number of carbonyl (C=O) groups excluding carboxylic acids is 2. The van der Waals surface area contributed by atoms with Gasteiger partial charge in [-0.15, -0.1) is 0 Å². The van der Waals surface area contributed by atoms with Crippen LogP contribution in [0.4, 0.5) is 0 Å². The summed E-state index contributed by atoms with van der Waals surface area (Å²) in [6.45, 7) is 0. The summed E-state index contributed by atoms with van der Waals surface area (Å²) in [5, 5.41) is 22.2. The Morgan fingerprint density at radius 1 is 0.636 bits per heavy atom. The zero-order valence-corrected chi connectivity index (χ0v) is 19.8. The monoisotopic (exact) mass is 496 g/mol. The summed E-state index contributed by atoms with van der Waals surface area (Å²) < 4.78 is 10.8. The molecule has 33 heavy (non-hydrogen) atoms. The zero-order chi connectivity index (χ0) is 23.1. The minimum absolute atomic E-state index is 0. The van der Waals surface area contributed by atoms with Crippen molar-refractivity contribution in [3.05, 3.63) is 94.5 Å². The van der Waals surface area contributed by atoms with E-state index in [-0.39, 0.29) is 34.4 Å². The van der Waals surface area contributed by atoms with Gasteiger partial charge in [-0.05, 0) is 48.5 Å². The van der Waals surface area contributed by atoms with Crippen LogP contribution in [0.2, 0.25) is 10.0 Å². The first-order chi connectivity index (χ1) is 15.3. The van der Waals surface area contributed by atoms with Crippen LogP contribution in [0.5, 0.6) is 23.0 Å². The number of hydrogen-bond acceptors (Lipinski definition) is 6. The van der Waals surface area contributed by atoms with Crippen LogP contribution in [0.1, 0.15) is 21.0 Å². The summed E-state index contributed by atoms with van der Waals surface area (Å²) in [5.41, 5.74) is -0.0482. The minimum Gasteiger partial charge on any atom is -0.543 e. The average molecular weight is 498 g/mol. The molecule has 2 N–H and O–H groups in total. The maximum absolute atomic E-state index is 10.5. The van der Waals surface area contributed by atoms with Crippen LogP contribution in [-0.4, -0.2) is 45.0 Å². The SMILES string of the molecule is O=C([O-])c1cc(Oc2ccc(Cl)cc2)c[nH]1.O=C([O-])c1cc(Oc2ccc(Cl)cc2)c[nH]1.[Mg+2]. The first-order valence-corrected chi connectivity index (χ1v) is 9.72. The molecule has 0 amide bonds. The number of aromatic nitrogens is 2. The van der Waals surface area contributed by atoms with Crippen LogP contribution in [0, 0.1) is 0 Å². The molecule has 0 bridgehead atoms. The van der Waals surface area contributed by atoms with Gasteiger partial charge >= 0.3 is 23.1 Å². The second kappa shape index (κ2) is 12.2. The first-order valence-electron chi connectivity index (χ1n) is 8.96. The predicted molar refractivity (Wildman–Crippen MR) is 119 cm³/mol. The fourth-order valence-corrected chi connectivity index (χ4v) is 2.63. The number of ether oxygens (including phenoxy) is 2. The van der Waals surface area contributed by atoms with Gasteiger partial charge in [0.2, 0.25) is 0 Å². The van der Waals surface area contributed by atoms with Crippen molar-refractivity contribution in [2.45, 2.75) is 0 Å². The standard InChI is InChI=1S/2C11H8ClNO3.Mg/c2*12-7-1-3-8(4-2-7)16-9-5-10(11(14)15)13-6-9;/h2*1-6,13H,(H,14,15);/q;;+2/p-2. The zero-order valence-electron chi connectivity index (χ0n) is 16.8. The van der Waals surface area contributed by atoms with Crippen LogP contribution < -0.4 is 19.7 Å². The van der Waals surface area contributed by atoms with Gasteiger partial charge in [0.15, 0.2) is 0 Å². The largest absolute Gasteiger partial charge is 2.00 e. The van der Waals surface area contributed by atoms with Crippen molar-refractivity contribution < 1.29 is 29.3 Å². The summed E-state index contributed by atoms with van der Waals surface area (Å²) >= 11 is 11.4. The Labute approximate surface area is 214 Å². The van der Waals surface area contributed by atoms with Crippen LogP contribution in [0.15, 0.2) is 73.1 Å². The minimum atomic E-state index is -1.27. The molecule has 0 saturated carbocycles. The van der Waals surface area contributed by atoms with E-state index in [4.69, 9.17) is 32.7 Å². The molecule has 4 aromatic rings. The molecule has 0 saturated heterocycles. The molecule has 2 aromatic heterocycles. The van der Waals surface area contributed by atoms with E-state index < -0.39 is 11.9 Å². The van der Waals surface area contributed by atoms with E-state index in [1.807, 2.05) is 0 Å².